The fourth-order valence-electron chi connectivity index (χ4n) is 2.26. The number of hydrogen-bond acceptors (Lipinski definition) is 4. The molecule has 3 N–H and O–H groups in total. The van der Waals surface area contributed by atoms with E-state index in [1.807, 2.05) is 0 Å². The normalized spacial score (nSPS) is 11.0. The van der Waals surface area contributed by atoms with Gasteiger partial charge in [-0.15, -0.1) is 0 Å². The summed E-state index contributed by atoms with van der Waals surface area (Å²) in [5.74, 6) is -1.21. The van der Waals surface area contributed by atoms with E-state index in [0.717, 1.165) is 0 Å². The Bertz CT molecular complexity index is 937. The van der Waals surface area contributed by atoms with Crippen LogP contribution in [-0.2, 0) is 0 Å². The van der Waals surface area contributed by atoms with Crippen molar-refractivity contribution < 1.29 is 14.8 Å². The van der Waals surface area contributed by atoms with Gasteiger partial charge in [-0.1, -0.05) is 12.1 Å². The van der Waals surface area contributed by atoms with E-state index in [-0.39, 0.29) is 27.7 Å². The van der Waals surface area contributed by atoms with Crippen LogP contribution in [0.3, 0.4) is 0 Å². The first-order valence-corrected chi connectivity index (χ1v) is 5.54. The number of aromatic nitrogens is 2. The average molecular weight is 273 g/mol. The van der Waals surface area contributed by atoms with Gasteiger partial charge in [0.2, 0.25) is 0 Å². The van der Waals surface area contributed by atoms with Gasteiger partial charge in [0.1, 0.15) is 11.0 Å². The highest BCUT2D eigenvalue weighted by atomic mass is 16.6. The Morgan fingerprint density at radius 1 is 1.30 bits per heavy atom. The predicted octanol–water partition coefficient (Wildman–Crippen LogP) is 1.62. The summed E-state index contributed by atoms with van der Waals surface area (Å²) in [6, 6.07) is 4.22. The van der Waals surface area contributed by atoms with Crippen LogP contribution in [-0.4, -0.2) is 26.0 Å². The summed E-state index contributed by atoms with van der Waals surface area (Å²) in [4.78, 5) is 38.4. The zero-order valence-electron chi connectivity index (χ0n) is 9.84. The standard InChI is InChI=1S/C12H7N3O5/c16-11-10-8(6(4-13-10)12(17)18)5-2-1-3-7(15(19)20)9(5)14-11/h1-4,13H,(H,14,16)(H,17,18). The summed E-state index contributed by atoms with van der Waals surface area (Å²) < 4.78 is 0. The number of carboxylic acid groups (broad SMARTS) is 1. The second-order valence-electron chi connectivity index (χ2n) is 4.17. The lowest BCUT2D eigenvalue weighted by Crippen LogP contribution is -2.08. The smallest absolute Gasteiger partial charge is 0.337 e. The highest BCUT2D eigenvalue weighted by molar-refractivity contribution is 6.15. The zero-order chi connectivity index (χ0) is 14.4. The van der Waals surface area contributed by atoms with Crippen molar-refractivity contribution in [2.24, 2.45) is 0 Å². The Labute approximate surface area is 109 Å². The lowest BCUT2D eigenvalue weighted by atomic mass is 10.1. The lowest BCUT2D eigenvalue weighted by Gasteiger charge is -2.02. The largest absolute Gasteiger partial charge is 0.478 e. The molecule has 0 spiro atoms. The molecule has 0 amide bonds. The van der Waals surface area contributed by atoms with Crippen molar-refractivity contribution in [1.29, 1.82) is 0 Å². The number of aromatic carboxylic acids is 1. The molecule has 8 nitrogen and oxygen atoms in total. The molecule has 0 saturated heterocycles. The molecular weight excluding hydrogens is 266 g/mol. The van der Waals surface area contributed by atoms with E-state index in [9.17, 15) is 19.7 Å². The minimum atomic E-state index is -1.21. The number of nitro benzene ring substituents is 1. The van der Waals surface area contributed by atoms with Gasteiger partial charge in [0, 0.05) is 23.0 Å². The third-order valence-corrected chi connectivity index (χ3v) is 3.08. The molecule has 0 aliphatic heterocycles. The number of carbonyl (C=O) groups is 1. The minimum Gasteiger partial charge on any atom is -0.478 e. The molecule has 0 aliphatic carbocycles. The zero-order valence-corrected chi connectivity index (χ0v) is 9.84. The highest BCUT2D eigenvalue weighted by Gasteiger charge is 2.20. The number of rotatable bonds is 2. The second kappa shape index (κ2) is 3.92. The van der Waals surface area contributed by atoms with Crippen molar-refractivity contribution in [2.45, 2.75) is 0 Å². The van der Waals surface area contributed by atoms with Crippen molar-refractivity contribution in [2.75, 3.05) is 0 Å². The Morgan fingerprint density at radius 3 is 2.70 bits per heavy atom. The molecule has 0 unspecified atom stereocenters. The first-order valence-electron chi connectivity index (χ1n) is 5.54. The quantitative estimate of drug-likeness (QED) is 0.482. The Balaban J connectivity index is 2.62. The van der Waals surface area contributed by atoms with Crippen LogP contribution >= 0.6 is 0 Å². The van der Waals surface area contributed by atoms with Crippen molar-refractivity contribution in [3.8, 4) is 0 Å². The fraction of sp³-hybridized carbons (Fsp3) is 0. The number of H-pyrrole nitrogens is 2. The predicted molar refractivity (Wildman–Crippen MR) is 70.0 cm³/mol. The van der Waals surface area contributed by atoms with Gasteiger partial charge in [0.25, 0.3) is 11.2 Å². The van der Waals surface area contributed by atoms with E-state index in [0.29, 0.717) is 5.39 Å². The van der Waals surface area contributed by atoms with Crippen LogP contribution < -0.4 is 5.56 Å². The van der Waals surface area contributed by atoms with Crippen LogP contribution in [0.1, 0.15) is 10.4 Å². The number of fused-ring (bicyclic) bond motifs is 3. The molecule has 0 atom stereocenters. The molecule has 1 aromatic carbocycles. The van der Waals surface area contributed by atoms with Crippen LogP contribution in [0.4, 0.5) is 5.69 Å². The number of para-hydroxylation sites is 1. The van der Waals surface area contributed by atoms with Crippen molar-refractivity contribution in [3.05, 3.63) is 50.4 Å². The van der Waals surface area contributed by atoms with Gasteiger partial charge in [-0.3, -0.25) is 14.9 Å². The third kappa shape index (κ3) is 1.48. The van der Waals surface area contributed by atoms with Gasteiger partial charge >= 0.3 is 5.97 Å². The average Bonchev–Trinajstić information content (AvgIpc) is 2.83. The van der Waals surface area contributed by atoms with Gasteiger partial charge in [0.05, 0.1) is 10.5 Å². The maximum atomic E-state index is 11.9. The fourth-order valence-corrected chi connectivity index (χ4v) is 2.26. The number of hydrogen-bond donors (Lipinski definition) is 3. The summed E-state index contributed by atoms with van der Waals surface area (Å²) in [7, 11) is 0. The van der Waals surface area contributed by atoms with Crippen molar-refractivity contribution >= 4 is 33.5 Å². The third-order valence-electron chi connectivity index (χ3n) is 3.08. The summed E-state index contributed by atoms with van der Waals surface area (Å²) in [5, 5.41) is 20.6. The summed E-state index contributed by atoms with van der Waals surface area (Å²) in [5.41, 5.74) is -0.891. The number of nitrogens with one attached hydrogen (secondary N) is 2. The van der Waals surface area contributed by atoms with Crippen molar-refractivity contribution in [3.63, 3.8) is 0 Å². The van der Waals surface area contributed by atoms with Gasteiger partial charge in [-0.2, -0.15) is 0 Å². The molecule has 3 aromatic rings. The number of carboxylic acids is 1. The summed E-state index contributed by atoms with van der Waals surface area (Å²) in [6.45, 7) is 0. The maximum absolute atomic E-state index is 11.9. The molecule has 0 bridgehead atoms. The Morgan fingerprint density at radius 2 is 2.05 bits per heavy atom. The van der Waals surface area contributed by atoms with E-state index in [1.54, 1.807) is 0 Å². The molecule has 2 heterocycles. The van der Waals surface area contributed by atoms with Gasteiger partial charge in [-0.05, 0) is 0 Å². The van der Waals surface area contributed by atoms with E-state index in [1.165, 1.54) is 24.4 Å². The van der Waals surface area contributed by atoms with Gasteiger partial charge in [0.15, 0.2) is 0 Å². The molecule has 0 fully saturated rings. The molecular formula is C12H7N3O5. The lowest BCUT2D eigenvalue weighted by molar-refractivity contribution is -0.383. The van der Waals surface area contributed by atoms with Crippen LogP contribution in [0.2, 0.25) is 0 Å². The summed E-state index contributed by atoms with van der Waals surface area (Å²) >= 11 is 0. The minimum absolute atomic E-state index is 0.0112. The van der Waals surface area contributed by atoms with E-state index >= 15 is 0 Å². The molecule has 0 saturated carbocycles. The molecule has 2 aromatic heterocycles. The van der Waals surface area contributed by atoms with Crippen LogP contribution in [0.5, 0.6) is 0 Å². The van der Waals surface area contributed by atoms with Crippen LogP contribution in [0, 0.1) is 10.1 Å². The number of benzene rings is 1. The number of nitro groups is 1. The molecule has 0 radical (unpaired) electrons. The Hall–Kier alpha value is -3.16. The monoisotopic (exact) mass is 273 g/mol. The van der Waals surface area contributed by atoms with Gasteiger partial charge in [-0.25, -0.2) is 4.79 Å². The van der Waals surface area contributed by atoms with Crippen LogP contribution in [0.25, 0.3) is 21.8 Å². The molecule has 20 heavy (non-hydrogen) atoms. The number of non-ortho nitro benzene ring substituents is 1. The molecule has 3 rings (SSSR count). The van der Waals surface area contributed by atoms with E-state index in [4.69, 9.17) is 5.11 Å². The highest BCUT2D eigenvalue weighted by Crippen LogP contribution is 2.29. The Kier molecular flexibility index (Phi) is 2.33. The summed E-state index contributed by atoms with van der Waals surface area (Å²) in [6.07, 6.45) is 1.19. The van der Waals surface area contributed by atoms with Crippen LogP contribution in [0.15, 0.2) is 29.2 Å². The number of nitrogens with zero attached hydrogens (tertiary/aromatic N) is 1. The second-order valence-corrected chi connectivity index (χ2v) is 4.17. The van der Waals surface area contributed by atoms with E-state index in [2.05, 4.69) is 9.97 Å². The van der Waals surface area contributed by atoms with Crippen molar-refractivity contribution in [1.82, 2.24) is 9.97 Å². The molecule has 8 heteroatoms. The van der Waals surface area contributed by atoms with Gasteiger partial charge < -0.3 is 15.1 Å². The number of pyridine rings is 1. The molecule has 0 aliphatic rings. The SMILES string of the molecule is O=C(O)c1c[nH]c2c(=O)[nH]c3c([N+](=O)[O-])cccc3c12. The number of aromatic amines is 2. The molecule has 100 valence electrons. The van der Waals surface area contributed by atoms with E-state index < -0.39 is 16.5 Å². The topological polar surface area (TPSA) is 129 Å². The first-order chi connectivity index (χ1) is 9.50. The first kappa shape index (κ1) is 11.9. The maximum Gasteiger partial charge on any atom is 0.337 e.